The van der Waals surface area contributed by atoms with Crippen molar-refractivity contribution in [3.63, 3.8) is 0 Å². The van der Waals surface area contributed by atoms with E-state index in [9.17, 15) is 4.39 Å². The lowest BCUT2D eigenvalue weighted by atomic mass is 10.2. The summed E-state index contributed by atoms with van der Waals surface area (Å²) in [6, 6.07) is 6.39. The quantitative estimate of drug-likeness (QED) is 0.894. The molecule has 0 saturated heterocycles. The molecule has 0 aliphatic heterocycles. The number of aromatic nitrogens is 1. The number of nitrogens with zero attached hydrogens (tertiary/aromatic N) is 1. The summed E-state index contributed by atoms with van der Waals surface area (Å²) >= 11 is 0. The van der Waals surface area contributed by atoms with Gasteiger partial charge in [-0.1, -0.05) is 6.92 Å². The fourth-order valence-corrected chi connectivity index (χ4v) is 1.75. The molecule has 0 radical (unpaired) electrons. The molecule has 0 fully saturated rings. The standard InChI is InChI=1S/C15H17FN2O/c1-3-17-9-12-6-7-18-10-15(12)19-14-5-4-13(16)8-11(14)2/h4-8,10,17H,3,9H2,1-2H3. The van der Waals surface area contributed by atoms with Crippen LogP contribution in [0.1, 0.15) is 18.1 Å². The van der Waals surface area contributed by atoms with Gasteiger partial charge in [-0.2, -0.15) is 0 Å². The number of nitrogens with one attached hydrogen (secondary N) is 1. The Bertz CT molecular complexity index is 558. The summed E-state index contributed by atoms with van der Waals surface area (Å²) < 4.78 is 18.9. The molecule has 1 aromatic heterocycles. The van der Waals surface area contributed by atoms with Gasteiger partial charge in [0, 0.05) is 18.3 Å². The molecular weight excluding hydrogens is 243 g/mol. The highest BCUT2D eigenvalue weighted by Gasteiger charge is 2.07. The minimum atomic E-state index is -0.260. The van der Waals surface area contributed by atoms with Crippen LogP contribution in [0.25, 0.3) is 0 Å². The van der Waals surface area contributed by atoms with Gasteiger partial charge >= 0.3 is 0 Å². The monoisotopic (exact) mass is 260 g/mol. The molecule has 2 rings (SSSR count). The van der Waals surface area contributed by atoms with Gasteiger partial charge in [0.05, 0.1) is 6.20 Å². The second-order valence-corrected chi connectivity index (χ2v) is 4.28. The van der Waals surface area contributed by atoms with E-state index < -0.39 is 0 Å². The summed E-state index contributed by atoms with van der Waals surface area (Å²) in [7, 11) is 0. The Kier molecular flexibility index (Phi) is 4.47. The average Bonchev–Trinajstić information content (AvgIpc) is 2.41. The molecule has 0 amide bonds. The highest BCUT2D eigenvalue weighted by Crippen LogP contribution is 2.27. The predicted molar refractivity (Wildman–Crippen MR) is 72.8 cm³/mol. The van der Waals surface area contributed by atoms with Crippen molar-refractivity contribution in [1.82, 2.24) is 10.3 Å². The fraction of sp³-hybridized carbons (Fsp3) is 0.267. The Morgan fingerprint density at radius 1 is 1.26 bits per heavy atom. The van der Waals surface area contributed by atoms with Gasteiger partial charge in [0.25, 0.3) is 0 Å². The van der Waals surface area contributed by atoms with Crippen molar-refractivity contribution in [2.75, 3.05) is 6.54 Å². The third kappa shape index (κ3) is 3.51. The van der Waals surface area contributed by atoms with Gasteiger partial charge in [0.1, 0.15) is 17.3 Å². The highest BCUT2D eigenvalue weighted by atomic mass is 19.1. The first-order chi connectivity index (χ1) is 9.20. The Balaban J connectivity index is 2.22. The molecule has 2 aromatic rings. The summed E-state index contributed by atoms with van der Waals surface area (Å²) in [4.78, 5) is 4.07. The van der Waals surface area contributed by atoms with E-state index in [4.69, 9.17) is 4.74 Å². The zero-order chi connectivity index (χ0) is 13.7. The Hall–Kier alpha value is -1.94. The number of ether oxygens (including phenoxy) is 1. The maximum absolute atomic E-state index is 13.1. The molecule has 4 heteroatoms. The van der Waals surface area contributed by atoms with E-state index in [1.54, 1.807) is 18.5 Å². The van der Waals surface area contributed by atoms with E-state index in [1.165, 1.54) is 12.1 Å². The molecule has 19 heavy (non-hydrogen) atoms. The van der Waals surface area contributed by atoms with Crippen LogP contribution in [0.3, 0.4) is 0 Å². The fourth-order valence-electron chi connectivity index (χ4n) is 1.75. The van der Waals surface area contributed by atoms with Crippen molar-refractivity contribution in [2.24, 2.45) is 0 Å². The molecule has 0 bridgehead atoms. The Morgan fingerprint density at radius 2 is 2.11 bits per heavy atom. The molecule has 0 saturated carbocycles. The average molecular weight is 260 g/mol. The van der Waals surface area contributed by atoms with Crippen molar-refractivity contribution in [3.05, 3.63) is 53.6 Å². The maximum Gasteiger partial charge on any atom is 0.150 e. The van der Waals surface area contributed by atoms with E-state index >= 15 is 0 Å². The van der Waals surface area contributed by atoms with Gasteiger partial charge in [0.2, 0.25) is 0 Å². The highest BCUT2D eigenvalue weighted by molar-refractivity contribution is 5.39. The van der Waals surface area contributed by atoms with Crippen LogP contribution in [0, 0.1) is 12.7 Å². The predicted octanol–water partition coefficient (Wildman–Crippen LogP) is 3.43. The van der Waals surface area contributed by atoms with Crippen LogP contribution >= 0.6 is 0 Å². The lowest BCUT2D eigenvalue weighted by Crippen LogP contribution is -2.12. The van der Waals surface area contributed by atoms with Crippen molar-refractivity contribution < 1.29 is 9.13 Å². The van der Waals surface area contributed by atoms with E-state index in [-0.39, 0.29) is 5.82 Å². The third-order valence-electron chi connectivity index (χ3n) is 2.79. The summed E-state index contributed by atoms with van der Waals surface area (Å²) in [5.41, 5.74) is 1.79. The van der Waals surface area contributed by atoms with E-state index in [0.29, 0.717) is 18.0 Å². The molecule has 100 valence electrons. The second kappa shape index (κ2) is 6.29. The normalized spacial score (nSPS) is 10.5. The van der Waals surface area contributed by atoms with Gasteiger partial charge in [0.15, 0.2) is 0 Å². The Labute approximate surface area is 112 Å². The smallest absolute Gasteiger partial charge is 0.150 e. The van der Waals surface area contributed by atoms with Crippen molar-refractivity contribution >= 4 is 0 Å². The minimum Gasteiger partial charge on any atom is -0.455 e. The molecule has 0 aliphatic rings. The van der Waals surface area contributed by atoms with Crippen LogP contribution in [0.5, 0.6) is 11.5 Å². The molecule has 0 spiro atoms. The van der Waals surface area contributed by atoms with Crippen molar-refractivity contribution in [1.29, 1.82) is 0 Å². The topological polar surface area (TPSA) is 34.2 Å². The van der Waals surface area contributed by atoms with Crippen LogP contribution in [-0.4, -0.2) is 11.5 Å². The molecular formula is C15H17FN2O. The first-order valence-electron chi connectivity index (χ1n) is 6.28. The number of benzene rings is 1. The van der Waals surface area contributed by atoms with Crippen LogP contribution in [0.4, 0.5) is 4.39 Å². The summed E-state index contributed by atoms with van der Waals surface area (Å²) in [6.45, 7) is 5.47. The first-order valence-corrected chi connectivity index (χ1v) is 6.28. The molecule has 0 unspecified atom stereocenters. The summed E-state index contributed by atoms with van der Waals surface area (Å²) in [5, 5.41) is 3.25. The van der Waals surface area contributed by atoms with Crippen LogP contribution in [0.15, 0.2) is 36.7 Å². The lowest BCUT2D eigenvalue weighted by Gasteiger charge is -2.12. The zero-order valence-corrected chi connectivity index (χ0v) is 11.1. The van der Waals surface area contributed by atoms with Crippen molar-refractivity contribution in [2.45, 2.75) is 20.4 Å². The molecule has 1 aromatic carbocycles. The van der Waals surface area contributed by atoms with Gasteiger partial charge in [-0.25, -0.2) is 4.39 Å². The van der Waals surface area contributed by atoms with Gasteiger partial charge < -0.3 is 10.1 Å². The van der Waals surface area contributed by atoms with Crippen LogP contribution in [0.2, 0.25) is 0 Å². The number of pyridine rings is 1. The van der Waals surface area contributed by atoms with E-state index in [1.807, 2.05) is 19.9 Å². The van der Waals surface area contributed by atoms with Crippen molar-refractivity contribution in [3.8, 4) is 11.5 Å². The largest absolute Gasteiger partial charge is 0.455 e. The minimum absolute atomic E-state index is 0.260. The molecule has 1 heterocycles. The number of hydrogen-bond donors (Lipinski definition) is 1. The van der Waals surface area contributed by atoms with Gasteiger partial charge in [-0.05, 0) is 43.3 Å². The number of hydrogen-bond acceptors (Lipinski definition) is 3. The number of rotatable bonds is 5. The van der Waals surface area contributed by atoms with Gasteiger partial charge in [-0.3, -0.25) is 4.98 Å². The third-order valence-corrected chi connectivity index (χ3v) is 2.79. The molecule has 1 N–H and O–H groups in total. The number of halogens is 1. The molecule has 0 atom stereocenters. The lowest BCUT2D eigenvalue weighted by molar-refractivity contribution is 0.465. The van der Waals surface area contributed by atoms with Crippen LogP contribution in [-0.2, 0) is 6.54 Å². The van der Waals surface area contributed by atoms with Gasteiger partial charge in [-0.15, -0.1) is 0 Å². The second-order valence-electron chi connectivity index (χ2n) is 4.28. The molecule has 0 aliphatic carbocycles. The Morgan fingerprint density at radius 3 is 2.84 bits per heavy atom. The number of aryl methyl sites for hydroxylation is 1. The zero-order valence-electron chi connectivity index (χ0n) is 11.1. The van der Waals surface area contributed by atoms with E-state index in [0.717, 1.165) is 17.7 Å². The SMILES string of the molecule is CCNCc1ccncc1Oc1ccc(F)cc1C. The first kappa shape index (κ1) is 13.5. The summed E-state index contributed by atoms with van der Waals surface area (Å²) in [6.07, 6.45) is 3.41. The van der Waals surface area contributed by atoms with E-state index in [2.05, 4.69) is 10.3 Å². The maximum atomic E-state index is 13.1. The molecule has 3 nitrogen and oxygen atoms in total. The summed E-state index contributed by atoms with van der Waals surface area (Å²) in [5.74, 6) is 1.08. The van der Waals surface area contributed by atoms with Crippen LogP contribution < -0.4 is 10.1 Å².